The molecule has 106 valence electrons. The van der Waals surface area contributed by atoms with Crippen LogP contribution in [0.3, 0.4) is 0 Å². The zero-order chi connectivity index (χ0) is 13.8. The topological polar surface area (TPSA) is 56.2 Å². The fourth-order valence-corrected chi connectivity index (χ4v) is 2.40. The maximum Gasteiger partial charge on any atom is 0.130 e. The van der Waals surface area contributed by atoms with E-state index in [9.17, 15) is 5.11 Å². The third-order valence-electron chi connectivity index (χ3n) is 3.66. The first-order chi connectivity index (χ1) is 9.15. The van der Waals surface area contributed by atoms with Gasteiger partial charge in [-0.25, -0.2) is 0 Å². The Labute approximate surface area is 114 Å². The molecule has 0 spiro atoms. The molecule has 1 aromatic carbocycles. The maximum atomic E-state index is 9.60. The smallest absolute Gasteiger partial charge is 0.130 e. The van der Waals surface area contributed by atoms with Gasteiger partial charge in [-0.1, -0.05) is 6.07 Å². The van der Waals surface area contributed by atoms with E-state index in [-0.39, 0.29) is 6.61 Å². The van der Waals surface area contributed by atoms with Crippen LogP contribution in [0.1, 0.15) is 5.56 Å². The highest BCUT2D eigenvalue weighted by Gasteiger charge is 2.22. The van der Waals surface area contributed by atoms with Crippen LogP contribution < -0.4 is 9.64 Å². The highest BCUT2D eigenvalue weighted by atomic mass is 16.5. The lowest BCUT2D eigenvalue weighted by atomic mass is 10.1. The van der Waals surface area contributed by atoms with Crippen molar-refractivity contribution in [1.29, 1.82) is 0 Å². The van der Waals surface area contributed by atoms with E-state index < -0.39 is 6.23 Å². The average molecular weight is 266 g/mol. The van der Waals surface area contributed by atoms with Crippen LogP contribution in [0, 0.1) is 6.92 Å². The van der Waals surface area contributed by atoms with Gasteiger partial charge in [-0.2, -0.15) is 0 Å². The summed E-state index contributed by atoms with van der Waals surface area (Å²) < 4.78 is 5.34. The zero-order valence-electron chi connectivity index (χ0n) is 11.5. The van der Waals surface area contributed by atoms with E-state index in [0.717, 1.165) is 43.2 Å². The number of nitrogens with zero attached hydrogens (tertiary/aromatic N) is 2. The Balaban J connectivity index is 2.01. The third-order valence-corrected chi connectivity index (χ3v) is 3.66. The molecule has 1 aromatic rings. The summed E-state index contributed by atoms with van der Waals surface area (Å²) in [6.07, 6.45) is -0.741. The van der Waals surface area contributed by atoms with Gasteiger partial charge in [0.05, 0.1) is 13.7 Å². The molecule has 1 unspecified atom stereocenters. The van der Waals surface area contributed by atoms with E-state index in [1.807, 2.05) is 17.9 Å². The third kappa shape index (κ3) is 3.18. The van der Waals surface area contributed by atoms with Crippen molar-refractivity contribution in [3.63, 3.8) is 0 Å². The van der Waals surface area contributed by atoms with Crippen molar-refractivity contribution in [2.45, 2.75) is 13.2 Å². The number of methoxy groups -OCH3 is 1. The summed E-state index contributed by atoms with van der Waals surface area (Å²) in [7, 11) is 1.68. The van der Waals surface area contributed by atoms with Crippen LogP contribution >= 0.6 is 0 Å². The standard InChI is InChI=1S/C14H22N2O3/c1-11-3-4-12(9-13(11)19-2)15-5-7-16(8-6-15)14(18)10-17/h3-4,9,14,17-18H,5-8,10H2,1-2H3. The second kappa shape index (κ2) is 6.23. The molecular weight excluding hydrogens is 244 g/mol. The van der Waals surface area contributed by atoms with E-state index in [2.05, 4.69) is 17.0 Å². The van der Waals surface area contributed by atoms with E-state index in [0.29, 0.717) is 0 Å². The van der Waals surface area contributed by atoms with Crippen LogP contribution in [0.15, 0.2) is 18.2 Å². The van der Waals surface area contributed by atoms with Gasteiger partial charge in [-0.05, 0) is 18.6 Å². The normalized spacial score (nSPS) is 18.4. The highest BCUT2D eigenvalue weighted by Crippen LogP contribution is 2.25. The number of aliphatic hydroxyl groups excluding tert-OH is 2. The molecule has 1 aliphatic heterocycles. The van der Waals surface area contributed by atoms with Crippen molar-refractivity contribution in [2.24, 2.45) is 0 Å². The second-order valence-corrected chi connectivity index (χ2v) is 4.84. The SMILES string of the molecule is COc1cc(N2CCN(C(O)CO)CC2)ccc1C. The minimum Gasteiger partial charge on any atom is -0.496 e. The van der Waals surface area contributed by atoms with Gasteiger partial charge in [-0.15, -0.1) is 0 Å². The molecule has 0 saturated carbocycles. The first-order valence-corrected chi connectivity index (χ1v) is 6.58. The van der Waals surface area contributed by atoms with Crippen molar-refractivity contribution in [1.82, 2.24) is 4.90 Å². The van der Waals surface area contributed by atoms with Gasteiger partial charge in [0.15, 0.2) is 0 Å². The van der Waals surface area contributed by atoms with Crippen LogP contribution in [0.5, 0.6) is 5.75 Å². The lowest BCUT2D eigenvalue weighted by Crippen LogP contribution is -2.51. The average Bonchev–Trinajstić information content (AvgIpc) is 2.47. The first kappa shape index (κ1) is 14.1. The van der Waals surface area contributed by atoms with Gasteiger partial charge in [-0.3, -0.25) is 4.90 Å². The summed E-state index contributed by atoms with van der Waals surface area (Å²) in [5, 5.41) is 18.5. The van der Waals surface area contributed by atoms with Crippen LogP contribution in [-0.2, 0) is 0 Å². The predicted molar refractivity (Wildman–Crippen MR) is 74.6 cm³/mol. The van der Waals surface area contributed by atoms with Crippen molar-refractivity contribution >= 4 is 5.69 Å². The molecule has 5 nitrogen and oxygen atoms in total. The second-order valence-electron chi connectivity index (χ2n) is 4.84. The number of ether oxygens (including phenoxy) is 1. The summed E-state index contributed by atoms with van der Waals surface area (Å²) in [6.45, 7) is 4.99. The summed E-state index contributed by atoms with van der Waals surface area (Å²) >= 11 is 0. The van der Waals surface area contributed by atoms with Crippen LogP contribution in [0.25, 0.3) is 0 Å². The quantitative estimate of drug-likeness (QED) is 0.828. The summed E-state index contributed by atoms with van der Waals surface area (Å²) in [5.74, 6) is 0.898. The Morgan fingerprint density at radius 3 is 2.53 bits per heavy atom. The van der Waals surface area contributed by atoms with E-state index in [1.54, 1.807) is 7.11 Å². The highest BCUT2D eigenvalue weighted by molar-refractivity contribution is 5.53. The van der Waals surface area contributed by atoms with Crippen molar-refractivity contribution in [3.8, 4) is 5.75 Å². The van der Waals surface area contributed by atoms with E-state index in [1.165, 1.54) is 0 Å². The van der Waals surface area contributed by atoms with Crippen LogP contribution in [-0.4, -0.2) is 61.2 Å². The molecular formula is C14H22N2O3. The number of hydrogen-bond donors (Lipinski definition) is 2. The molecule has 0 bridgehead atoms. The zero-order valence-corrected chi connectivity index (χ0v) is 11.5. The van der Waals surface area contributed by atoms with Gasteiger partial charge in [0, 0.05) is 37.9 Å². The fraction of sp³-hybridized carbons (Fsp3) is 0.571. The number of benzene rings is 1. The molecule has 1 heterocycles. The molecule has 0 aliphatic carbocycles. The fourth-order valence-electron chi connectivity index (χ4n) is 2.40. The summed E-state index contributed by atoms with van der Waals surface area (Å²) in [6, 6.07) is 6.20. The molecule has 0 radical (unpaired) electrons. The number of aryl methyl sites for hydroxylation is 1. The Kier molecular flexibility index (Phi) is 4.63. The largest absolute Gasteiger partial charge is 0.496 e. The van der Waals surface area contributed by atoms with E-state index in [4.69, 9.17) is 9.84 Å². The Hall–Kier alpha value is -1.30. The molecule has 1 saturated heterocycles. The van der Waals surface area contributed by atoms with Crippen molar-refractivity contribution < 1.29 is 14.9 Å². The lowest BCUT2D eigenvalue weighted by Gasteiger charge is -2.38. The van der Waals surface area contributed by atoms with Crippen LogP contribution in [0.4, 0.5) is 5.69 Å². The van der Waals surface area contributed by atoms with Gasteiger partial charge < -0.3 is 19.8 Å². The van der Waals surface area contributed by atoms with E-state index >= 15 is 0 Å². The Bertz CT molecular complexity index is 417. The van der Waals surface area contributed by atoms with Gasteiger partial charge in [0.1, 0.15) is 12.0 Å². The molecule has 5 heteroatoms. The number of rotatable bonds is 4. The molecule has 0 amide bonds. The molecule has 19 heavy (non-hydrogen) atoms. The number of aliphatic hydroxyl groups is 2. The van der Waals surface area contributed by atoms with Gasteiger partial charge in [0.25, 0.3) is 0 Å². The van der Waals surface area contributed by atoms with Gasteiger partial charge in [0.2, 0.25) is 0 Å². The Morgan fingerprint density at radius 1 is 1.26 bits per heavy atom. The van der Waals surface area contributed by atoms with Crippen LogP contribution in [0.2, 0.25) is 0 Å². The number of anilines is 1. The maximum absolute atomic E-state index is 9.60. The number of hydrogen-bond acceptors (Lipinski definition) is 5. The van der Waals surface area contributed by atoms with Gasteiger partial charge >= 0.3 is 0 Å². The summed E-state index contributed by atoms with van der Waals surface area (Å²) in [4.78, 5) is 4.16. The molecule has 1 fully saturated rings. The molecule has 1 aliphatic rings. The first-order valence-electron chi connectivity index (χ1n) is 6.58. The minimum absolute atomic E-state index is 0.210. The number of piperazine rings is 1. The minimum atomic E-state index is -0.741. The lowest BCUT2D eigenvalue weighted by molar-refractivity contribution is -0.0369. The monoisotopic (exact) mass is 266 g/mol. The summed E-state index contributed by atoms with van der Waals surface area (Å²) in [5.41, 5.74) is 2.26. The Morgan fingerprint density at radius 2 is 1.95 bits per heavy atom. The predicted octanol–water partition coefficient (Wildman–Crippen LogP) is 0.436. The molecule has 2 rings (SSSR count). The molecule has 1 atom stereocenters. The van der Waals surface area contributed by atoms with Crippen molar-refractivity contribution in [2.75, 3.05) is 44.8 Å². The van der Waals surface area contributed by atoms with Crippen molar-refractivity contribution in [3.05, 3.63) is 23.8 Å². The molecule has 0 aromatic heterocycles. The molecule has 2 N–H and O–H groups in total.